The second-order valence-electron chi connectivity index (χ2n) is 6.19. The number of carbonyl (C=O) groups excluding carboxylic acids is 1. The van der Waals surface area contributed by atoms with Crippen LogP contribution in [0.3, 0.4) is 0 Å². The lowest BCUT2D eigenvalue weighted by Gasteiger charge is -2.18. The number of amides is 1. The van der Waals surface area contributed by atoms with Crippen LogP contribution in [-0.4, -0.2) is 35.7 Å². The average Bonchev–Trinajstić information content (AvgIpc) is 3.05. The predicted molar refractivity (Wildman–Crippen MR) is 115 cm³/mol. The van der Waals surface area contributed by atoms with Crippen molar-refractivity contribution in [3.63, 3.8) is 0 Å². The minimum Gasteiger partial charge on any atom is -0.486 e. The highest BCUT2D eigenvalue weighted by Crippen LogP contribution is 2.35. The molecule has 4 rings (SSSR count). The van der Waals surface area contributed by atoms with E-state index in [0.29, 0.717) is 18.0 Å². The molecule has 0 saturated carbocycles. The second kappa shape index (κ2) is 8.67. The second-order valence-corrected chi connectivity index (χ2v) is 8.18. The van der Waals surface area contributed by atoms with Gasteiger partial charge in [0.15, 0.2) is 16.3 Å². The fourth-order valence-corrected chi connectivity index (χ4v) is 4.39. The summed E-state index contributed by atoms with van der Waals surface area (Å²) in [5.41, 5.74) is 1.99. The first-order valence-electron chi connectivity index (χ1n) is 8.98. The van der Waals surface area contributed by atoms with Crippen LogP contribution in [0.2, 0.25) is 0 Å². The van der Waals surface area contributed by atoms with Crippen molar-refractivity contribution >= 4 is 45.3 Å². The van der Waals surface area contributed by atoms with E-state index in [1.165, 1.54) is 17.4 Å². The van der Waals surface area contributed by atoms with Gasteiger partial charge >= 0.3 is 0 Å². The molecule has 0 unspecified atom stereocenters. The Labute approximate surface area is 171 Å². The summed E-state index contributed by atoms with van der Waals surface area (Å²) in [4.78, 5) is 17.5. The Hall–Kier alpha value is -2.51. The van der Waals surface area contributed by atoms with Crippen molar-refractivity contribution in [2.24, 2.45) is 4.99 Å². The van der Waals surface area contributed by atoms with Crippen molar-refractivity contribution in [1.29, 1.82) is 0 Å². The molecule has 1 amide bonds. The summed E-state index contributed by atoms with van der Waals surface area (Å²) in [5.74, 6) is 2.15. The molecule has 0 atom stereocenters. The highest BCUT2D eigenvalue weighted by molar-refractivity contribution is 7.98. The first kappa shape index (κ1) is 18.8. The smallest absolute Gasteiger partial charge is 0.272 e. The first-order chi connectivity index (χ1) is 13.7. The molecule has 144 valence electrons. The monoisotopic (exact) mass is 412 g/mol. The number of nitrogens with zero attached hydrogens (tertiary/aromatic N) is 2. The molecule has 5 nitrogen and oxygen atoms in total. The van der Waals surface area contributed by atoms with E-state index in [-0.39, 0.29) is 5.91 Å². The van der Waals surface area contributed by atoms with Crippen LogP contribution in [-0.2, 0) is 11.3 Å². The summed E-state index contributed by atoms with van der Waals surface area (Å²) in [6, 6.07) is 13.7. The molecule has 3 aromatic rings. The lowest BCUT2D eigenvalue weighted by atomic mass is 10.2. The number of hydrogen-bond acceptors (Lipinski definition) is 5. The lowest BCUT2D eigenvalue weighted by Crippen LogP contribution is -2.18. The van der Waals surface area contributed by atoms with Crippen LogP contribution in [0.25, 0.3) is 16.3 Å². The molecule has 0 spiro atoms. The topological polar surface area (TPSA) is 52.8 Å². The van der Waals surface area contributed by atoms with Crippen molar-refractivity contribution in [1.82, 2.24) is 4.57 Å². The van der Waals surface area contributed by atoms with Crippen LogP contribution in [0.5, 0.6) is 11.5 Å². The van der Waals surface area contributed by atoms with Gasteiger partial charge in [-0.25, -0.2) is 0 Å². The molecule has 2 aromatic carbocycles. The van der Waals surface area contributed by atoms with Crippen molar-refractivity contribution in [2.75, 3.05) is 25.2 Å². The van der Waals surface area contributed by atoms with Crippen molar-refractivity contribution in [3.05, 3.63) is 58.9 Å². The molecule has 0 bridgehead atoms. The number of fused-ring (bicyclic) bond motifs is 2. The molecule has 7 heteroatoms. The zero-order valence-corrected chi connectivity index (χ0v) is 17.1. The summed E-state index contributed by atoms with van der Waals surface area (Å²) in [6.07, 6.45) is 5.36. The van der Waals surface area contributed by atoms with E-state index < -0.39 is 0 Å². The van der Waals surface area contributed by atoms with E-state index in [4.69, 9.17) is 9.47 Å². The number of hydrogen-bond donors (Lipinski definition) is 0. The van der Waals surface area contributed by atoms with E-state index in [0.717, 1.165) is 39.6 Å². The third kappa shape index (κ3) is 4.15. The van der Waals surface area contributed by atoms with Gasteiger partial charge in [-0.05, 0) is 17.9 Å². The molecule has 1 aliphatic rings. The van der Waals surface area contributed by atoms with Gasteiger partial charge in [-0.3, -0.25) is 4.79 Å². The number of aromatic nitrogens is 1. The van der Waals surface area contributed by atoms with E-state index in [1.54, 1.807) is 17.8 Å². The standard InChI is InChI=1S/C21H20N2O3S2/c1-27-12-9-23-16-13-17-18(26-11-10-25-17)14-19(16)28-21(23)22-20(24)8-7-15-5-3-2-4-6-15/h2-8,13-14H,9-12H2,1H3/b8-7+,22-21?. The maximum absolute atomic E-state index is 12.4. The minimum absolute atomic E-state index is 0.273. The maximum atomic E-state index is 12.4. The van der Waals surface area contributed by atoms with Gasteiger partial charge in [-0.2, -0.15) is 16.8 Å². The Bertz CT molecular complexity index is 1080. The summed E-state index contributed by atoms with van der Waals surface area (Å²) < 4.78 is 14.5. The summed E-state index contributed by atoms with van der Waals surface area (Å²) in [7, 11) is 0. The Morgan fingerprint density at radius 2 is 1.96 bits per heavy atom. The number of aryl methyl sites for hydroxylation is 1. The zero-order valence-electron chi connectivity index (χ0n) is 15.5. The number of rotatable bonds is 5. The van der Waals surface area contributed by atoms with Crippen LogP contribution >= 0.6 is 23.1 Å². The van der Waals surface area contributed by atoms with Gasteiger partial charge in [0.25, 0.3) is 5.91 Å². The van der Waals surface area contributed by atoms with Gasteiger partial charge in [-0.1, -0.05) is 41.7 Å². The van der Waals surface area contributed by atoms with Crippen molar-refractivity contribution in [2.45, 2.75) is 6.54 Å². The average molecular weight is 413 g/mol. The van der Waals surface area contributed by atoms with Gasteiger partial charge in [-0.15, -0.1) is 0 Å². The van der Waals surface area contributed by atoms with Crippen molar-refractivity contribution in [3.8, 4) is 11.5 Å². The first-order valence-corrected chi connectivity index (χ1v) is 11.2. The van der Waals surface area contributed by atoms with Crippen molar-refractivity contribution < 1.29 is 14.3 Å². The predicted octanol–water partition coefficient (Wildman–Crippen LogP) is 3.98. The van der Waals surface area contributed by atoms with Gasteiger partial charge in [0.2, 0.25) is 0 Å². The molecular weight excluding hydrogens is 392 g/mol. The molecule has 28 heavy (non-hydrogen) atoms. The number of ether oxygens (including phenoxy) is 2. The van der Waals surface area contributed by atoms with Crippen LogP contribution in [0, 0.1) is 0 Å². The van der Waals surface area contributed by atoms with Gasteiger partial charge < -0.3 is 14.0 Å². The van der Waals surface area contributed by atoms with E-state index in [2.05, 4.69) is 15.8 Å². The third-order valence-corrected chi connectivity index (χ3v) is 5.92. The maximum Gasteiger partial charge on any atom is 0.272 e. The number of benzene rings is 2. The number of thiazole rings is 1. The number of thioether (sulfide) groups is 1. The Kier molecular flexibility index (Phi) is 5.83. The molecule has 1 aliphatic heterocycles. The van der Waals surface area contributed by atoms with Crippen LogP contribution < -0.4 is 14.3 Å². The fraction of sp³-hybridized carbons (Fsp3) is 0.238. The molecule has 0 aliphatic carbocycles. The normalized spacial score (nSPS) is 14.1. The zero-order chi connectivity index (χ0) is 19.3. The minimum atomic E-state index is -0.273. The Morgan fingerprint density at radius 1 is 1.21 bits per heavy atom. The van der Waals surface area contributed by atoms with E-state index in [1.807, 2.05) is 42.5 Å². The molecular formula is C21H20N2O3S2. The van der Waals surface area contributed by atoms with Gasteiger partial charge in [0.1, 0.15) is 13.2 Å². The molecule has 0 radical (unpaired) electrons. The molecule has 2 heterocycles. The molecule has 0 N–H and O–H groups in total. The Morgan fingerprint density at radius 3 is 2.71 bits per heavy atom. The quantitative estimate of drug-likeness (QED) is 0.595. The van der Waals surface area contributed by atoms with Crippen LogP contribution in [0.15, 0.2) is 53.5 Å². The highest BCUT2D eigenvalue weighted by atomic mass is 32.2. The molecule has 0 saturated heterocycles. The number of carbonyl (C=O) groups is 1. The van der Waals surface area contributed by atoms with Crippen LogP contribution in [0.4, 0.5) is 0 Å². The van der Waals surface area contributed by atoms with E-state index >= 15 is 0 Å². The summed E-state index contributed by atoms with van der Waals surface area (Å²) in [6.45, 7) is 1.87. The third-order valence-electron chi connectivity index (χ3n) is 4.29. The summed E-state index contributed by atoms with van der Waals surface area (Å²) >= 11 is 3.25. The highest BCUT2D eigenvalue weighted by Gasteiger charge is 2.16. The lowest BCUT2D eigenvalue weighted by molar-refractivity contribution is -0.113. The fourth-order valence-electron chi connectivity index (χ4n) is 2.95. The summed E-state index contributed by atoms with van der Waals surface area (Å²) in [5, 5.41) is 0. The molecule has 0 fully saturated rings. The molecule has 1 aromatic heterocycles. The van der Waals surface area contributed by atoms with Gasteiger partial charge in [0, 0.05) is 30.5 Å². The Balaban J connectivity index is 1.73. The largest absolute Gasteiger partial charge is 0.486 e. The van der Waals surface area contributed by atoms with Gasteiger partial charge in [0.05, 0.1) is 10.2 Å². The van der Waals surface area contributed by atoms with E-state index in [9.17, 15) is 4.79 Å². The van der Waals surface area contributed by atoms with Crippen LogP contribution in [0.1, 0.15) is 5.56 Å². The SMILES string of the molecule is CSCCn1c(=NC(=O)/C=C/c2ccccc2)sc2cc3c(cc21)OCCO3.